The molecular weight excluding hydrogens is 258 g/mol. The summed E-state index contributed by atoms with van der Waals surface area (Å²) in [6, 6.07) is 2.18. The Kier molecular flexibility index (Phi) is 3.48. The van der Waals surface area contributed by atoms with Crippen LogP contribution in [0.5, 0.6) is 0 Å². The number of benzene rings is 1. The Balaban J connectivity index is 2.33. The fraction of sp³-hybridized carbons (Fsp3) is 0.333. The molecule has 2 unspecified atom stereocenters. The van der Waals surface area contributed by atoms with Crippen molar-refractivity contribution in [2.45, 2.75) is 18.6 Å². The maximum Gasteiger partial charge on any atom is 0.257 e. The normalized spacial score (nSPS) is 22.6. The highest BCUT2D eigenvalue weighted by atomic mass is 19.2. The molecule has 2 rings (SSSR count). The molecule has 102 valence electrons. The summed E-state index contributed by atoms with van der Waals surface area (Å²) in [5, 5.41) is 9.47. The summed E-state index contributed by atoms with van der Waals surface area (Å²) in [6.07, 6.45) is -0.907. The van der Waals surface area contributed by atoms with E-state index in [1.54, 1.807) is 0 Å². The van der Waals surface area contributed by atoms with E-state index in [0.29, 0.717) is 0 Å². The van der Waals surface area contributed by atoms with Gasteiger partial charge in [0, 0.05) is 13.0 Å². The molecule has 2 atom stereocenters. The zero-order chi connectivity index (χ0) is 14.2. The number of primary amides is 1. The number of aliphatic hydroxyl groups excluding tert-OH is 1. The zero-order valence-corrected chi connectivity index (χ0v) is 9.85. The molecule has 1 saturated heterocycles. The van der Waals surface area contributed by atoms with E-state index in [1.807, 2.05) is 0 Å². The van der Waals surface area contributed by atoms with Crippen LogP contribution in [0.4, 0.5) is 8.78 Å². The molecule has 1 fully saturated rings. The molecule has 19 heavy (non-hydrogen) atoms. The van der Waals surface area contributed by atoms with Gasteiger partial charge in [-0.1, -0.05) is 6.07 Å². The summed E-state index contributed by atoms with van der Waals surface area (Å²) < 4.78 is 26.6. The zero-order valence-electron chi connectivity index (χ0n) is 9.85. The van der Waals surface area contributed by atoms with Gasteiger partial charge >= 0.3 is 0 Å². The Hall–Kier alpha value is -2.02. The molecule has 0 aliphatic carbocycles. The minimum Gasteiger partial charge on any atom is -0.391 e. The predicted molar refractivity (Wildman–Crippen MR) is 61.0 cm³/mol. The van der Waals surface area contributed by atoms with Gasteiger partial charge in [0.2, 0.25) is 5.91 Å². The monoisotopic (exact) mass is 270 g/mol. The minimum atomic E-state index is -1.28. The summed E-state index contributed by atoms with van der Waals surface area (Å²) in [4.78, 5) is 24.2. The van der Waals surface area contributed by atoms with Gasteiger partial charge in [0.25, 0.3) is 5.91 Å². The van der Waals surface area contributed by atoms with Crippen LogP contribution in [-0.4, -0.2) is 40.5 Å². The van der Waals surface area contributed by atoms with Crippen molar-refractivity contribution in [1.82, 2.24) is 4.90 Å². The van der Waals surface area contributed by atoms with Gasteiger partial charge < -0.3 is 15.7 Å². The van der Waals surface area contributed by atoms with Crippen LogP contribution in [0, 0.1) is 11.6 Å². The minimum absolute atomic E-state index is 0.00198. The number of halogens is 2. The highest BCUT2D eigenvalue weighted by Crippen LogP contribution is 2.22. The fourth-order valence-corrected chi connectivity index (χ4v) is 2.13. The predicted octanol–water partition coefficient (Wildman–Crippen LogP) is 0.0255. The van der Waals surface area contributed by atoms with Crippen LogP contribution in [0.25, 0.3) is 0 Å². The number of likely N-dealkylation sites (tertiary alicyclic amines) is 1. The van der Waals surface area contributed by atoms with E-state index in [0.717, 1.165) is 17.0 Å². The van der Waals surface area contributed by atoms with E-state index in [4.69, 9.17) is 5.73 Å². The van der Waals surface area contributed by atoms with Gasteiger partial charge in [-0.2, -0.15) is 0 Å². The van der Waals surface area contributed by atoms with Gasteiger partial charge in [-0.3, -0.25) is 9.59 Å². The van der Waals surface area contributed by atoms with Crippen molar-refractivity contribution in [3.05, 3.63) is 35.4 Å². The molecule has 1 heterocycles. The van der Waals surface area contributed by atoms with Crippen molar-refractivity contribution in [1.29, 1.82) is 0 Å². The number of carbonyl (C=O) groups excluding carboxylic acids is 2. The van der Waals surface area contributed by atoms with Crippen molar-refractivity contribution in [3.63, 3.8) is 0 Å². The molecule has 1 aliphatic heterocycles. The molecule has 0 bridgehead atoms. The second-order valence-electron chi connectivity index (χ2n) is 4.37. The molecule has 0 saturated carbocycles. The lowest BCUT2D eigenvalue weighted by Crippen LogP contribution is -2.44. The van der Waals surface area contributed by atoms with Crippen LogP contribution in [0.3, 0.4) is 0 Å². The molecule has 3 N–H and O–H groups in total. The Labute approximate surface area is 107 Å². The van der Waals surface area contributed by atoms with Gasteiger partial charge in [-0.25, -0.2) is 8.78 Å². The summed E-state index contributed by atoms with van der Waals surface area (Å²) >= 11 is 0. The molecule has 1 aromatic carbocycles. The topological polar surface area (TPSA) is 83.6 Å². The van der Waals surface area contributed by atoms with E-state index >= 15 is 0 Å². The average Bonchev–Trinajstić information content (AvgIpc) is 2.74. The first-order chi connectivity index (χ1) is 8.91. The second kappa shape index (κ2) is 4.93. The first kappa shape index (κ1) is 13.4. The van der Waals surface area contributed by atoms with Crippen molar-refractivity contribution >= 4 is 11.8 Å². The van der Waals surface area contributed by atoms with Gasteiger partial charge in [0.1, 0.15) is 6.04 Å². The van der Waals surface area contributed by atoms with E-state index in [-0.39, 0.29) is 13.0 Å². The number of rotatable bonds is 2. The molecule has 5 nitrogen and oxygen atoms in total. The van der Waals surface area contributed by atoms with E-state index in [1.165, 1.54) is 6.07 Å². The van der Waals surface area contributed by atoms with Crippen LogP contribution in [0.15, 0.2) is 18.2 Å². The van der Waals surface area contributed by atoms with E-state index in [9.17, 15) is 23.5 Å². The summed E-state index contributed by atoms with van der Waals surface area (Å²) in [5.41, 5.74) is 4.64. The quantitative estimate of drug-likeness (QED) is 0.795. The SMILES string of the molecule is NC(=O)C1CC(O)CN1C(=O)c1cccc(F)c1F. The van der Waals surface area contributed by atoms with E-state index in [2.05, 4.69) is 0 Å². The number of nitrogens with two attached hydrogens (primary N) is 1. The molecule has 7 heteroatoms. The van der Waals surface area contributed by atoms with Crippen LogP contribution >= 0.6 is 0 Å². The number of amides is 2. The first-order valence-electron chi connectivity index (χ1n) is 5.64. The smallest absolute Gasteiger partial charge is 0.257 e. The molecule has 1 aliphatic rings. The number of nitrogens with zero attached hydrogens (tertiary/aromatic N) is 1. The summed E-state index contributed by atoms with van der Waals surface area (Å²) in [5.74, 6) is -4.09. The molecule has 2 amide bonds. The molecular formula is C12H12F2N2O3. The van der Waals surface area contributed by atoms with Gasteiger partial charge in [0.15, 0.2) is 11.6 Å². The van der Waals surface area contributed by atoms with Crippen molar-refractivity contribution < 1.29 is 23.5 Å². The summed E-state index contributed by atoms with van der Waals surface area (Å²) in [7, 11) is 0. The Morgan fingerprint density at radius 1 is 1.37 bits per heavy atom. The molecule has 0 radical (unpaired) electrons. The largest absolute Gasteiger partial charge is 0.391 e. The van der Waals surface area contributed by atoms with Crippen LogP contribution in [-0.2, 0) is 4.79 Å². The van der Waals surface area contributed by atoms with Crippen LogP contribution < -0.4 is 5.73 Å². The van der Waals surface area contributed by atoms with Crippen LogP contribution in [0.1, 0.15) is 16.8 Å². The van der Waals surface area contributed by atoms with Gasteiger partial charge in [-0.05, 0) is 12.1 Å². The Morgan fingerprint density at radius 2 is 2.05 bits per heavy atom. The van der Waals surface area contributed by atoms with Crippen LogP contribution in [0.2, 0.25) is 0 Å². The fourth-order valence-electron chi connectivity index (χ4n) is 2.13. The highest BCUT2D eigenvalue weighted by molar-refractivity contribution is 5.98. The Bertz CT molecular complexity index is 536. The van der Waals surface area contributed by atoms with E-state index < -0.39 is 41.2 Å². The number of hydrogen-bond acceptors (Lipinski definition) is 3. The maximum atomic E-state index is 13.5. The third-order valence-corrected chi connectivity index (χ3v) is 3.05. The molecule has 0 spiro atoms. The third-order valence-electron chi connectivity index (χ3n) is 3.05. The van der Waals surface area contributed by atoms with Crippen molar-refractivity contribution in [2.75, 3.05) is 6.54 Å². The number of carbonyl (C=O) groups is 2. The maximum absolute atomic E-state index is 13.5. The second-order valence-corrected chi connectivity index (χ2v) is 4.37. The number of hydrogen-bond donors (Lipinski definition) is 2. The lowest BCUT2D eigenvalue weighted by molar-refractivity contribution is -0.121. The Morgan fingerprint density at radius 3 is 2.68 bits per heavy atom. The number of β-amino-alcohol motifs (C(OH)–C–C–N with tert-alkyl or cyclic N) is 1. The summed E-state index contributed by atoms with van der Waals surface area (Å²) in [6.45, 7) is -0.137. The molecule has 0 aromatic heterocycles. The van der Waals surface area contributed by atoms with Gasteiger partial charge in [-0.15, -0.1) is 0 Å². The van der Waals surface area contributed by atoms with Crippen molar-refractivity contribution in [3.8, 4) is 0 Å². The first-order valence-corrected chi connectivity index (χ1v) is 5.64. The lowest BCUT2D eigenvalue weighted by atomic mass is 10.1. The van der Waals surface area contributed by atoms with Gasteiger partial charge in [0.05, 0.1) is 11.7 Å². The lowest BCUT2D eigenvalue weighted by Gasteiger charge is -2.22. The molecule has 1 aromatic rings. The standard InChI is InChI=1S/C12H12F2N2O3/c13-8-3-1-2-7(10(8)14)12(19)16-5-6(17)4-9(16)11(15)18/h1-3,6,9,17H,4-5H2,(H2,15,18). The highest BCUT2D eigenvalue weighted by Gasteiger charge is 2.39. The number of aliphatic hydroxyl groups is 1. The third kappa shape index (κ3) is 2.41. The average molecular weight is 270 g/mol. The van der Waals surface area contributed by atoms with Crippen molar-refractivity contribution in [2.24, 2.45) is 5.73 Å².